The van der Waals surface area contributed by atoms with Crippen molar-refractivity contribution in [3.63, 3.8) is 0 Å². The lowest BCUT2D eigenvalue weighted by Crippen LogP contribution is -2.16. The third-order valence-electron chi connectivity index (χ3n) is 2.70. The molecule has 2 rings (SSSR count). The van der Waals surface area contributed by atoms with Crippen LogP contribution in [0.3, 0.4) is 0 Å². The second-order valence-corrected chi connectivity index (χ2v) is 4.11. The number of hydrogen-bond acceptors (Lipinski definition) is 4. The summed E-state index contributed by atoms with van der Waals surface area (Å²) in [7, 11) is 0. The third kappa shape index (κ3) is 2.79. The van der Waals surface area contributed by atoms with E-state index in [-0.39, 0.29) is 6.04 Å². The van der Waals surface area contributed by atoms with Crippen LogP contribution in [-0.2, 0) is 6.42 Å². The van der Waals surface area contributed by atoms with Crippen LogP contribution in [0.1, 0.15) is 22.9 Å². The van der Waals surface area contributed by atoms with Gasteiger partial charge in [0.15, 0.2) is 0 Å². The maximum absolute atomic E-state index is 6.15. The van der Waals surface area contributed by atoms with Gasteiger partial charge in [0, 0.05) is 12.4 Å². The van der Waals surface area contributed by atoms with Crippen molar-refractivity contribution in [3.05, 3.63) is 53.5 Å². The zero-order valence-electron chi connectivity index (χ0n) is 9.80. The summed E-state index contributed by atoms with van der Waals surface area (Å²) in [5, 5.41) is 0. The summed E-state index contributed by atoms with van der Waals surface area (Å²) in [6.45, 7) is 2.02. The van der Waals surface area contributed by atoms with E-state index >= 15 is 0 Å². The van der Waals surface area contributed by atoms with E-state index in [4.69, 9.17) is 11.5 Å². The van der Waals surface area contributed by atoms with Gasteiger partial charge in [-0.15, -0.1) is 0 Å². The van der Waals surface area contributed by atoms with E-state index in [0.29, 0.717) is 12.2 Å². The Balaban J connectivity index is 2.17. The van der Waals surface area contributed by atoms with E-state index in [1.165, 1.54) is 0 Å². The molecule has 4 nitrogen and oxygen atoms in total. The van der Waals surface area contributed by atoms with Crippen LogP contribution in [0.15, 0.2) is 36.7 Å². The van der Waals surface area contributed by atoms with Crippen LogP contribution in [0.25, 0.3) is 0 Å². The number of nitrogens with two attached hydrogens (primary N) is 2. The van der Waals surface area contributed by atoms with Gasteiger partial charge in [0.05, 0.1) is 11.7 Å². The van der Waals surface area contributed by atoms with Crippen molar-refractivity contribution < 1.29 is 0 Å². The molecule has 2 aromatic heterocycles. The molecule has 2 aromatic rings. The van der Waals surface area contributed by atoms with E-state index in [2.05, 4.69) is 9.97 Å². The molecule has 0 spiro atoms. The Morgan fingerprint density at radius 1 is 1.24 bits per heavy atom. The SMILES string of the molecule is Cc1cccnc1C(N)Cc1ccnc(N)c1. The predicted octanol–water partition coefficient (Wildman–Crippen LogP) is 1.61. The van der Waals surface area contributed by atoms with Crippen LogP contribution >= 0.6 is 0 Å². The highest BCUT2D eigenvalue weighted by Crippen LogP contribution is 2.17. The number of aryl methyl sites for hydroxylation is 1. The number of anilines is 1. The first-order chi connectivity index (χ1) is 8.16. The van der Waals surface area contributed by atoms with Gasteiger partial charge in [-0.05, 0) is 42.7 Å². The van der Waals surface area contributed by atoms with Crippen molar-refractivity contribution in [1.82, 2.24) is 9.97 Å². The van der Waals surface area contributed by atoms with Crippen LogP contribution < -0.4 is 11.5 Å². The Bertz CT molecular complexity index is 510. The number of nitrogens with zero attached hydrogens (tertiary/aromatic N) is 2. The maximum atomic E-state index is 6.15. The van der Waals surface area contributed by atoms with E-state index in [0.717, 1.165) is 16.8 Å². The highest BCUT2D eigenvalue weighted by molar-refractivity contribution is 5.33. The second-order valence-electron chi connectivity index (χ2n) is 4.11. The summed E-state index contributed by atoms with van der Waals surface area (Å²) in [5.74, 6) is 0.521. The van der Waals surface area contributed by atoms with Gasteiger partial charge in [-0.1, -0.05) is 6.07 Å². The van der Waals surface area contributed by atoms with Gasteiger partial charge in [0.25, 0.3) is 0 Å². The molecule has 0 saturated heterocycles. The lowest BCUT2D eigenvalue weighted by Gasteiger charge is -2.13. The van der Waals surface area contributed by atoms with Crippen molar-refractivity contribution in [3.8, 4) is 0 Å². The number of pyridine rings is 2. The minimum Gasteiger partial charge on any atom is -0.384 e. The fourth-order valence-corrected chi connectivity index (χ4v) is 1.86. The molecule has 2 heterocycles. The minimum atomic E-state index is -0.113. The zero-order chi connectivity index (χ0) is 12.3. The number of hydrogen-bond donors (Lipinski definition) is 2. The first-order valence-electron chi connectivity index (χ1n) is 5.54. The molecule has 0 aliphatic carbocycles. The van der Waals surface area contributed by atoms with Gasteiger partial charge >= 0.3 is 0 Å². The molecule has 0 aromatic carbocycles. The van der Waals surface area contributed by atoms with Gasteiger partial charge in [-0.3, -0.25) is 4.98 Å². The average molecular weight is 228 g/mol. The summed E-state index contributed by atoms with van der Waals surface area (Å²) in [4.78, 5) is 8.28. The first-order valence-corrected chi connectivity index (χ1v) is 5.54. The number of rotatable bonds is 3. The van der Waals surface area contributed by atoms with Crippen molar-refractivity contribution in [2.75, 3.05) is 5.73 Å². The van der Waals surface area contributed by atoms with E-state index in [1.54, 1.807) is 12.4 Å². The van der Waals surface area contributed by atoms with Crippen molar-refractivity contribution in [2.24, 2.45) is 5.73 Å². The molecular weight excluding hydrogens is 212 g/mol. The van der Waals surface area contributed by atoms with Crippen molar-refractivity contribution >= 4 is 5.82 Å². The molecular formula is C13H16N4. The highest BCUT2D eigenvalue weighted by atomic mass is 14.8. The molecule has 0 aliphatic rings. The molecule has 88 valence electrons. The topological polar surface area (TPSA) is 77.8 Å². The molecule has 0 radical (unpaired) electrons. The molecule has 4 heteroatoms. The number of aromatic nitrogens is 2. The van der Waals surface area contributed by atoms with Gasteiger partial charge in [0.1, 0.15) is 5.82 Å². The Hall–Kier alpha value is -1.94. The van der Waals surface area contributed by atoms with Crippen LogP contribution in [0, 0.1) is 6.92 Å². The Labute approximate surface area is 101 Å². The molecule has 0 amide bonds. The van der Waals surface area contributed by atoms with Crippen LogP contribution in [-0.4, -0.2) is 9.97 Å². The predicted molar refractivity (Wildman–Crippen MR) is 68.3 cm³/mol. The Morgan fingerprint density at radius 2 is 2.06 bits per heavy atom. The monoisotopic (exact) mass is 228 g/mol. The van der Waals surface area contributed by atoms with Gasteiger partial charge < -0.3 is 11.5 Å². The minimum absolute atomic E-state index is 0.113. The molecule has 1 unspecified atom stereocenters. The molecule has 0 fully saturated rings. The van der Waals surface area contributed by atoms with Crippen LogP contribution in [0.5, 0.6) is 0 Å². The van der Waals surface area contributed by atoms with E-state index in [1.807, 2.05) is 31.2 Å². The second kappa shape index (κ2) is 4.93. The Kier molecular flexibility index (Phi) is 3.35. The molecule has 1 atom stereocenters. The maximum Gasteiger partial charge on any atom is 0.123 e. The lowest BCUT2D eigenvalue weighted by molar-refractivity contribution is 0.690. The van der Waals surface area contributed by atoms with Gasteiger partial charge in [0.2, 0.25) is 0 Å². The van der Waals surface area contributed by atoms with Crippen molar-refractivity contribution in [2.45, 2.75) is 19.4 Å². The molecule has 4 N–H and O–H groups in total. The molecule has 0 aliphatic heterocycles. The van der Waals surface area contributed by atoms with E-state index < -0.39 is 0 Å². The Morgan fingerprint density at radius 3 is 2.76 bits per heavy atom. The van der Waals surface area contributed by atoms with Gasteiger partial charge in [-0.25, -0.2) is 4.98 Å². The first kappa shape index (κ1) is 11.5. The van der Waals surface area contributed by atoms with Crippen LogP contribution in [0.2, 0.25) is 0 Å². The largest absolute Gasteiger partial charge is 0.384 e. The number of nitrogen functional groups attached to an aromatic ring is 1. The average Bonchev–Trinajstić information content (AvgIpc) is 2.29. The summed E-state index contributed by atoms with van der Waals surface area (Å²) < 4.78 is 0. The third-order valence-corrected chi connectivity index (χ3v) is 2.70. The summed E-state index contributed by atoms with van der Waals surface area (Å²) in [5.41, 5.74) is 14.9. The molecule has 0 bridgehead atoms. The standard InChI is InChI=1S/C13H16N4/c1-9-3-2-5-17-13(9)11(14)7-10-4-6-16-12(15)8-10/h2-6,8,11H,7,14H2,1H3,(H2,15,16). The smallest absolute Gasteiger partial charge is 0.123 e. The quantitative estimate of drug-likeness (QED) is 0.836. The van der Waals surface area contributed by atoms with Crippen LogP contribution in [0.4, 0.5) is 5.82 Å². The van der Waals surface area contributed by atoms with Crippen molar-refractivity contribution in [1.29, 1.82) is 0 Å². The summed E-state index contributed by atoms with van der Waals surface area (Å²) in [6.07, 6.45) is 4.18. The summed E-state index contributed by atoms with van der Waals surface area (Å²) in [6, 6.07) is 7.59. The lowest BCUT2D eigenvalue weighted by atomic mass is 10.0. The van der Waals surface area contributed by atoms with E-state index in [9.17, 15) is 0 Å². The van der Waals surface area contributed by atoms with Gasteiger partial charge in [-0.2, -0.15) is 0 Å². The zero-order valence-corrected chi connectivity index (χ0v) is 9.80. The highest BCUT2D eigenvalue weighted by Gasteiger charge is 2.10. The molecule has 17 heavy (non-hydrogen) atoms. The fraction of sp³-hybridized carbons (Fsp3) is 0.231. The fourth-order valence-electron chi connectivity index (χ4n) is 1.86. The molecule has 0 saturated carbocycles. The summed E-state index contributed by atoms with van der Waals surface area (Å²) >= 11 is 0. The normalized spacial score (nSPS) is 12.4.